The summed E-state index contributed by atoms with van der Waals surface area (Å²) in [5.41, 5.74) is 20.4. The number of aryl methyl sites for hydroxylation is 1. The molecule has 526 valence electrons. The molecule has 32 nitrogen and oxygen atoms in total. The number of carboxylic acids is 2. The Kier molecular flexibility index (Phi) is 33.0. The van der Waals surface area contributed by atoms with Crippen molar-refractivity contribution in [2.24, 2.45) is 22.2 Å². The molecule has 33 heteroatoms. The molecule has 6 rings (SSSR count). The van der Waals surface area contributed by atoms with Crippen molar-refractivity contribution in [3.05, 3.63) is 107 Å². The number of para-hydroxylation sites is 1. The number of carbonyl (C=O) groups is 11. The van der Waals surface area contributed by atoms with Gasteiger partial charge in [0.15, 0.2) is 5.96 Å². The van der Waals surface area contributed by atoms with Crippen molar-refractivity contribution < 1.29 is 83.1 Å². The number of unbranched alkanes of at least 4 members (excludes halogenated alkanes) is 1. The molecule has 3 aromatic heterocycles. The van der Waals surface area contributed by atoms with E-state index in [2.05, 4.69) is 72.9 Å². The van der Waals surface area contributed by atoms with E-state index < -0.39 is 108 Å². The van der Waals surface area contributed by atoms with Gasteiger partial charge in [-0.1, -0.05) is 68.3 Å². The van der Waals surface area contributed by atoms with Crippen molar-refractivity contribution in [1.82, 2.24) is 77.5 Å². The third-order valence-electron chi connectivity index (χ3n) is 16.4. The first-order chi connectivity index (χ1) is 46.5. The van der Waals surface area contributed by atoms with Gasteiger partial charge < -0.3 is 90.1 Å². The van der Waals surface area contributed by atoms with Crippen LogP contribution in [-0.4, -0.2) is 199 Å². The van der Waals surface area contributed by atoms with Crippen LogP contribution < -0.4 is 65.1 Å². The van der Waals surface area contributed by atoms with Gasteiger partial charge in [0, 0.05) is 100 Å². The largest absolute Gasteiger partial charge is 7.00 e. The first kappa shape index (κ1) is 79.1. The number of carbonyl (C=O) groups excluding carboxylic acids is 9. The number of benzene rings is 2. The number of rotatable bonds is 30. The number of aliphatic carboxylic acids is 1. The second-order valence-corrected chi connectivity index (χ2v) is 23.9. The van der Waals surface area contributed by atoms with Gasteiger partial charge >= 0.3 is 32.0 Å². The summed E-state index contributed by atoms with van der Waals surface area (Å²) in [5.74, 6) is -9.71. The average molecular weight is 1450 g/mol. The summed E-state index contributed by atoms with van der Waals surface area (Å²) in [5, 5.41) is 49.3. The monoisotopic (exact) mass is 1450 g/mol. The molecular formula is C65H93N19O13Tc+7. The third-order valence-corrected chi connectivity index (χ3v) is 16.4. The summed E-state index contributed by atoms with van der Waals surface area (Å²) in [4.78, 5) is 169. The Morgan fingerprint density at radius 2 is 1.44 bits per heavy atom. The number of H-pyrrole nitrogens is 2. The molecule has 1 fully saturated rings. The zero-order valence-corrected chi connectivity index (χ0v) is 57.3. The minimum Gasteiger partial charge on any atom is -0.480 e. The number of fused-ring (bicyclic) bond motifs is 1. The van der Waals surface area contributed by atoms with Gasteiger partial charge in [0.2, 0.25) is 53.2 Å². The second-order valence-electron chi connectivity index (χ2n) is 23.9. The summed E-state index contributed by atoms with van der Waals surface area (Å²) >= 11 is 0. The molecule has 19 N–H and O–H groups in total. The molecule has 0 spiro atoms. The van der Waals surface area contributed by atoms with Gasteiger partial charge in [-0.2, -0.15) is 5.10 Å². The summed E-state index contributed by atoms with van der Waals surface area (Å²) < 4.78 is 1.63. The van der Waals surface area contributed by atoms with Crippen LogP contribution in [0.1, 0.15) is 123 Å². The SMILES string of the molecule is CCCC[C@H](NC(=O)CCNC(=O)CCCN(CCN)CCn1nc(C)c(C(=O)O)c1C)C(=O)N[C@H]1CC(=O)NCCCC[C@@H](C(=O)O)NC(=O)[C@H](Cc2c[nH]c3ccccc23)NC(=O)[C@H](CCCN=C(N)N)NC(=O)[C@@H](Cc2ccccc2)NC(=O)[C@H](Cc2cnc[nH]2)NC1=O.[99Tc+7]. The fourth-order valence-electron chi connectivity index (χ4n) is 11.2. The van der Waals surface area contributed by atoms with Crippen LogP contribution in [0.3, 0.4) is 0 Å². The molecule has 1 saturated heterocycles. The molecule has 1 aliphatic heterocycles. The summed E-state index contributed by atoms with van der Waals surface area (Å²) in [6, 6.07) is 5.54. The number of aromatic amines is 2. The quantitative estimate of drug-likeness (QED) is 0.0150. The number of aliphatic imine (C=N–C) groups is 1. The number of aromatic nitrogens is 5. The number of guanidine groups is 1. The summed E-state index contributed by atoms with van der Waals surface area (Å²) in [6.07, 6.45) is 4.81. The number of carboxylic acid groups (broad SMARTS) is 2. The predicted octanol–water partition coefficient (Wildman–Crippen LogP) is -0.912. The standard InChI is InChI=1S/C65H93N19O13.Tc/c1-4-5-18-46(75-54(86)23-27-71-53(85)22-14-28-83(29-24-66)30-31-84-40(3)56(64(96)97)39(2)82-84)57(88)81-52-35-55(87)70-25-12-11-20-48(63(94)95)77-60(91)50(33-42-36-73-45-19-10-9-17-44(42)45)79-58(89)47(21-13-26-72-65(67)68)76-59(90)49(32-41-15-7-6-8-16-41)78-61(92)51(80-62(52)93)34-43-37-69-38-74-43;/h6-10,15-17,19,36-38,46-52,73H,4-5,11-14,18,20-35,66H2,1-3H3,(H,69,74)(H,70,87)(H,71,85)(H,75,86)(H,76,90)(H,77,91)(H,78,92)(H,79,89)(H,80,93)(H,81,88)(H,94,95)(H,96,97)(H4,67,68,72);/q;+7/t46-,47-,48-,49+,50-,51-,52-;/m0./s1/i;1+1. The molecule has 0 saturated carbocycles. The van der Waals surface area contributed by atoms with Crippen molar-refractivity contribution in [3.8, 4) is 0 Å². The molecule has 5 aromatic rings. The molecule has 98 heavy (non-hydrogen) atoms. The van der Waals surface area contributed by atoms with Crippen molar-refractivity contribution in [3.63, 3.8) is 0 Å². The summed E-state index contributed by atoms with van der Waals surface area (Å²) in [7, 11) is 0. The molecule has 0 bridgehead atoms. The van der Waals surface area contributed by atoms with E-state index >= 15 is 0 Å². The number of nitrogens with two attached hydrogens (primary N) is 3. The third kappa shape index (κ3) is 25.8. The van der Waals surface area contributed by atoms with Crippen LogP contribution in [0.25, 0.3) is 10.9 Å². The molecule has 0 unspecified atom stereocenters. The number of nitrogens with zero attached hydrogens (tertiary/aromatic N) is 5. The molecule has 4 heterocycles. The zero-order chi connectivity index (χ0) is 70.4. The molecule has 0 radical (unpaired) electrons. The predicted molar refractivity (Wildman–Crippen MR) is 358 cm³/mol. The topological polar surface area (TPSA) is 492 Å². The van der Waals surface area contributed by atoms with Gasteiger partial charge in [-0.3, -0.25) is 52.8 Å². The van der Waals surface area contributed by atoms with Crippen molar-refractivity contribution in [2.75, 3.05) is 45.8 Å². The van der Waals surface area contributed by atoms with Gasteiger partial charge in [0.1, 0.15) is 47.9 Å². The number of imidazole rings is 1. The van der Waals surface area contributed by atoms with E-state index in [1.54, 1.807) is 61.1 Å². The van der Waals surface area contributed by atoms with Crippen LogP contribution in [0, 0.1) is 13.8 Å². The molecule has 2 aromatic carbocycles. The van der Waals surface area contributed by atoms with E-state index in [0.29, 0.717) is 80.2 Å². The first-order valence-corrected chi connectivity index (χ1v) is 32.7. The number of amides is 9. The zero-order valence-electron chi connectivity index (χ0n) is 55.5. The van der Waals surface area contributed by atoms with E-state index in [0.717, 1.165) is 10.9 Å². The molecular weight excluding hydrogens is 1350 g/mol. The molecule has 0 aliphatic carbocycles. The van der Waals surface area contributed by atoms with Gasteiger partial charge in [-0.25, -0.2) is 14.6 Å². The van der Waals surface area contributed by atoms with Gasteiger partial charge in [0.05, 0.1) is 30.7 Å². The maximum absolute atomic E-state index is 14.9. The van der Waals surface area contributed by atoms with Crippen LogP contribution in [0.15, 0.2) is 78.3 Å². The maximum Gasteiger partial charge on any atom is 7.00 e. The first-order valence-electron chi connectivity index (χ1n) is 32.7. The summed E-state index contributed by atoms with van der Waals surface area (Å²) in [6.45, 7) is 7.35. The minimum absolute atomic E-state index is 0. The van der Waals surface area contributed by atoms with E-state index in [1.807, 2.05) is 30.0 Å². The van der Waals surface area contributed by atoms with Gasteiger partial charge in [-0.15, -0.1) is 0 Å². The number of aromatic carboxylic acids is 1. The van der Waals surface area contributed by atoms with Gasteiger partial charge in [-0.05, 0) is 82.5 Å². The van der Waals surface area contributed by atoms with Gasteiger partial charge in [0.25, 0.3) is 0 Å². The average Bonchev–Trinajstić information content (AvgIpc) is 1.65. The van der Waals surface area contributed by atoms with Crippen LogP contribution in [0.2, 0.25) is 0 Å². The Morgan fingerprint density at radius 1 is 0.765 bits per heavy atom. The van der Waals surface area contributed by atoms with Crippen LogP contribution in [0.5, 0.6) is 0 Å². The minimum atomic E-state index is -1.71. The van der Waals surface area contributed by atoms with Crippen LogP contribution >= 0.6 is 0 Å². The van der Waals surface area contributed by atoms with E-state index in [1.165, 1.54) is 12.5 Å². The normalized spacial score (nSPS) is 18.9. The van der Waals surface area contributed by atoms with E-state index in [9.17, 15) is 63.0 Å². The fraction of sp³-hybridized carbons (Fsp3) is 0.508. The number of hydrogen-bond donors (Lipinski definition) is 16. The van der Waals surface area contributed by atoms with Crippen molar-refractivity contribution in [2.45, 2.75) is 166 Å². The fourth-order valence-corrected chi connectivity index (χ4v) is 11.2. The Balaban J connectivity index is 0.0000173. The molecule has 7 atom stereocenters. The Bertz CT molecular complexity index is 3510. The van der Waals surface area contributed by atoms with E-state index in [-0.39, 0.29) is 128 Å². The number of hydrogen-bond acceptors (Lipinski definition) is 16. The molecule has 9 amide bonds. The van der Waals surface area contributed by atoms with Crippen molar-refractivity contribution in [1.29, 1.82) is 0 Å². The Labute approximate surface area is 580 Å². The molecule has 1 aliphatic rings. The Hall–Kier alpha value is -9.59. The van der Waals surface area contributed by atoms with Crippen LogP contribution in [0.4, 0.5) is 0 Å². The smallest absolute Gasteiger partial charge is 0.480 e. The van der Waals surface area contributed by atoms with Crippen molar-refractivity contribution >= 4 is 82.0 Å². The Morgan fingerprint density at radius 3 is 2.11 bits per heavy atom. The number of nitrogens with one attached hydrogen (secondary N) is 11. The second kappa shape index (κ2) is 40.8. The van der Waals surface area contributed by atoms with Crippen LogP contribution in [-0.2, 0) is 93.9 Å². The maximum atomic E-state index is 14.9. The van der Waals surface area contributed by atoms with E-state index in [4.69, 9.17) is 17.2 Å².